The van der Waals surface area contributed by atoms with E-state index in [4.69, 9.17) is 4.74 Å². The van der Waals surface area contributed by atoms with Crippen LogP contribution >= 0.6 is 0 Å². The Balaban J connectivity index is 2.10. The number of halogens is 1. The summed E-state index contributed by atoms with van der Waals surface area (Å²) < 4.78 is 19.3. The minimum absolute atomic E-state index is 0.201. The number of benzene rings is 2. The topological polar surface area (TPSA) is 9.23 Å². The summed E-state index contributed by atoms with van der Waals surface area (Å²) in [6.07, 6.45) is 1.54. The van der Waals surface area contributed by atoms with E-state index in [1.54, 1.807) is 6.07 Å². The Morgan fingerprint density at radius 1 is 1.06 bits per heavy atom. The fourth-order valence-electron chi connectivity index (χ4n) is 1.80. The molecule has 0 saturated heterocycles. The molecule has 0 aliphatic rings. The van der Waals surface area contributed by atoms with E-state index in [2.05, 4.69) is 0 Å². The van der Waals surface area contributed by atoms with Gasteiger partial charge in [0.25, 0.3) is 0 Å². The number of ether oxygens (including phenoxy) is 1. The van der Waals surface area contributed by atoms with Gasteiger partial charge in [0.05, 0.1) is 6.61 Å². The van der Waals surface area contributed by atoms with Gasteiger partial charge in [0.15, 0.2) is 0 Å². The quantitative estimate of drug-likeness (QED) is 0.765. The molecule has 0 saturated carbocycles. The standard InChI is InChI=1S/C16H17FO/c1-2-10-18-15-9-8-14(16(17)12-15)11-13-6-4-3-5-7-13/h3-9,12H,2,10-11H2,1H3. The van der Waals surface area contributed by atoms with E-state index >= 15 is 0 Å². The molecule has 0 aliphatic carbocycles. The summed E-state index contributed by atoms with van der Waals surface area (Å²) >= 11 is 0. The molecular formula is C16H17FO. The minimum atomic E-state index is -0.201. The Kier molecular flexibility index (Phi) is 4.35. The van der Waals surface area contributed by atoms with E-state index in [0.717, 1.165) is 12.0 Å². The zero-order valence-electron chi connectivity index (χ0n) is 10.5. The van der Waals surface area contributed by atoms with Crippen molar-refractivity contribution in [3.63, 3.8) is 0 Å². The van der Waals surface area contributed by atoms with E-state index < -0.39 is 0 Å². The third kappa shape index (κ3) is 3.33. The molecule has 2 heteroatoms. The molecule has 0 bridgehead atoms. The molecule has 0 N–H and O–H groups in total. The van der Waals surface area contributed by atoms with E-state index in [0.29, 0.717) is 24.3 Å². The smallest absolute Gasteiger partial charge is 0.130 e. The molecule has 0 amide bonds. The number of rotatable bonds is 5. The summed E-state index contributed by atoms with van der Waals surface area (Å²) in [4.78, 5) is 0. The third-order valence-electron chi connectivity index (χ3n) is 2.73. The first-order valence-electron chi connectivity index (χ1n) is 6.24. The van der Waals surface area contributed by atoms with Crippen molar-refractivity contribution in [1.29, 1.82) is 0 Å². The van der Waals surface area contributed by atoms with Crippen molar-refractivity contribution in [1.82, 2.24) is 0 Å². The lowest BCUT2D eigenvalue weighted by atomic mass is 10.0. The molecule has 0 unspecified atom stereocenters. The molecule has 0 atom stereocenters. The first kappa shape index (κ1) is 12.6. The largest absolute Gasteiger partial charge is 0.494 e. The molecule has 18 heavy (non-hydrogen) atoms. The molecule has 1 nitrogen and oxygen atoms in total. The first-order chi connectivity index (χ1) is 8.79. The van der Waals surface area contributed by atoms with E-state index in [1.807, 2.05) is 43.3 Å². The summed E-state index contributed by atoms with van der Waals surface area (Å²) in [5, 5.41) is 0. The Labute approximate surface area is 107 Å². The van der Waals surface area contributed by atoms with Gasteiger partial charge in [-0.25, -0.2) is 4.39 Å². The van der Waals surface area contributed by atoms with Crippen LogP contribution in [0.4, 0.5) is 4.39 Å². The Morgan fingerprint density at radius 2 is 1.83 bits per heavy atom. The van der Waals surface area contributed by atoms with Crippen LogP contribution in [0.3, 0.4) is 0 Å². The minimum Gasteiger partial charge on any atom is -0.494 e. The number of hydrogen-bond acceptors (Lipinski definition) is 1. The molecule has 0 aliphatic heterocycles. The lowest BCUT2D eigenvalue weighted by Gasteiger charge is -2.07. The highest BCUT2D eigenvalue weighted by molar-refractivity contribution is 5.32. The van der Waals surface area contributed by atoms with Gasteiger partial charge in [0, 0.05) is 12.5 Å². The van der Waals surface area contributed by atoms with Gasteiger partial charge in [-0.05, 0) is 23.6 Å². The SMILES string of the molecule is CCCOc1ccc(Cc2ccccc2)c(F)c1. The van der Waals surface area contributed by atoms with Gasteiger partial charge in [0.2, 0.25) is 0 Å². The predicted molar refractivity (Wildman–Crippen MR) is 71.4 cm³/mol. The molecule has 0 heterocycles. The lowest BCUT2D eigenvalue weighted by molar-refractivity contribution is 0.315. The summed E-state index contributed by atoms with van der Waals surface area (Å²) in [6.45, 7) is 2.65. The fourth-order valence-corrected chi connectivity index (χ4v) is 1.80. The van der Waals surface area contributed by atoms with Gasteiger partial charge < -0.3 is 4.74 Å². The number of hydrogen-bond donors (Lipinski definition) is 0. The average Bonchev–Trinajstić information content (AvgIpc) is 2.40. The van der Waals surface area contributed by atoms with Crippen LogP contribution in [-0.4, -0.2) is 6.61 Å². The molecule has 0 spiro atoms. The van der Waals surface area contributed by atoms with Crippen molar-refractivity contribution in [3.8, 4) is 5.75 Å². The molecule has 0 aromatic heterocycles. The molecule has 2 aromatic carbocycles. The zero-order valence-corrected chi connectivity index (χ0v) is 10.5. The average molecular weight is 244 g/mol. The van der Waals surface area contributed by atoms with Crippen LogP contribution in [0.1, 0.15) is 24.5 Å². The van der Waals surface area contributed by atoms with Gasteiger partial charge in [-0.3, -0.25) is 0 Å². The Hall–Kier alpha value is -1.83. The predicted octanol–water partition coefficient (Wildman–Crippen LogP) is 4.21. The van der Waals surface area contributed by atoms with Crippen molar-refractivity contribution in [2.75, 3.05) is 6.61 Å². The highest BCUT2D eigenvalue weighted by Gasteiger charge is 2.05. The Bertz CT molecular complexity index is 494. The fraction of sp³-hybridized carbons (Fsp3) is 0.250. The second-order valence-electron chi connectivity index (χ2n) is 4.26. The summed E-state index contributed by atoms with van der Waals surface area (Å²) in [7, 11) is 0. The third-order valence-corrected chi connectivity index (χ3v) is 2.73. The van der Waals surface area contributed by atoms with Crippen LogP contribution in [0.5, 0.6) is 5.75 Å². The molecule has 94 valence electrons. The lowest BCUT2D eigenvalue weighted by Crippen LogP contribution is -1.98. The van der Waals surface area contributed by atoms with Crippen LogP contribution in [0, 0.1) is 5.82 Å². The van der Waals surface area contributed by atoms with E-state index in [-0.39, 0.29) is 5.82 Å². The maximum Gasteiger partial charge on any atom is 0.130 e. The highest BCUT2D eigenvalue weighted by atomic mass is 19.1. The normalized spacial score (nSPS) is 10.3. The highest BCUT2D eigenvalue weighted by Crippen LogP contribution is 2.19. The van der Waals surface area contributed by atoms with Gasteiger partial charge in [0.1, 0.15) is 11.6 Å². The van der Waals surface area contributed by atoms with Gasteiger partial charge in [-0.2, -0.15) is 0 Å². The molecule has 2 rings (SSSR count). The van der Waals surface area contributed by atoms with Crippen LogP contribution in [0.2, 0.25) is 0 Å². The van der Waals surface area contributed by atoms with Gasteiger partial charge in [-0.15, -0.1) is 0 Å². The van der Waals surface area contributed by atoms with Gasteiger partial charge >= 0.3 is 0 Å². The van der Waals surface area contributed by atoms with Crippen molar-refractivity contribution in [2.45, 2.75) is 19.8 Å². The second-order valence-corrected chi connectivity index (χ2v) is 4.26. The molecular weight excluding hydrogens is 227 g/mol. The van der Waals surface area contributed by atoms with Crippen molar-refractivity contribution in [3.05, 3.63) is 65.5 Å². The summed E-state index contributed by atoms with van der Waals surface area (Å²) in [5.74, 6) is 0.401. The van der Waals surface area contributed by atoms with E-state index in [1.165, 1.54) is 6.07 Å². The molecule has 0 radical (unpaired) electrons. The maximum atomic E-state index is 13.9. The van der Waals surface area contributed by atoms with Crippen molar-refractivity contribution >= 4 is 0 Å². The molecule has 2 aromatic rings. The maximum absolute atomic E-state index is 13.9. The van der Waals surface area contributed by atoms with Crippen LogP contribution < -0.4 is 4.74 Å². The summed E-state index contributed by atoms with van der Waals surface area (Å²) in [6, 6.07) is 15.0. The van der Waals surface area contributed by atoms with Gasteiger partial charge in [-0.1, -0.05) is 43.3 Å². The van der Waals surface area contributed by atoms with Crippen molar-refractivity contribution in [2.24, 2.45) is 0 Å². The van der Waals surface area contributed by atoms with E-state index in [9.17, 15) is 4.39 Å². The second kappa shape index (κ2) is 6.20. The van der Waals surface area contributed by atoms with Crippen LogP contribution in [0.15, 0.2) is 48.5 Å². The van der Waals surface area contributed by atoms with Crippen LogP contribution in [-0.2, 0) is 6.42 Å². The first-order valence-corrected chi connectivity index (χ1v) is 6.24. The molecule has 0 fully saturated rings. The zero-order chi connectivity index (χ0) is 12.8. The Morgan fingerprint density at radius 3 is 2.50 bits per heavy atom. The monoisotopic (exact) mass is 244 g/mol. The van der Waals surface area contributed by atoms with Crippen molar-refractivity contribution < 1.29 is 9.13 Å². The van der Waals surface area contributed by atoms with Crippen LogP contribution in [0.25, 0.3) is 0 Å². The summed E-state index contributed by atoms with van der Waals surface area (Å²) in [5.41, 5.74) is 1.81.